The normalized spacial score (nSPS) is 11.5. The third-order valence-electron chi connectivity index (χ3n) is 5.57. The molecule has 3 aromatic heterocycles. The number of nitrogens with two attached hydrogens (primary N) is 2. The molecule has 3 heterocycles. The highest BCUT2D eigenvalue weighted by Crippen LogP contribution is 2.30. The van der Waals surface area contributed by atoms with Crippen LogP contribution < -0.4 is 11.5 Å². The van der Waals surface area contributed by atoms with Crippen molar-refractivity contribution < 1.29 is 4.42 Å². The molecule has 0 spiro atoms. The van der Waals surface area contributed by atoms with Gasteiger partial charge >= 0.3 is 0 Å². The third-order valence-corrected chi connectivity index (χ3v) is 5.57. The van der Waals surface area contributed by atoms with Crippen molar-refractivity contribution in [3.8, 4) is 11.6 Å². The zero-order valence-corrected chi connectivity index (χ0v) is 17.3. The largest absolute Gasteiger partial charge is 0.440 e. The van der Waals surface area contributed by atoms with Gasteiger partial charge < -0.3 is 15.9 Å². The smallest absolute Gasteiger partial charge is 0.207 e. The second-order valence-corrected chi connectivity index (χ2v) is 7.65. The van der Waals surface area contributed by atoms with Crippen LogP contribution in [0.1, 0.15) is 11.6 Å². The molecule has 6 N–H and O–H groups in total. The minimum Gasteiger partial charge on any atom is -0.440 e. The van der Waals surface area contributed by atoms with E-state index in [1.807, 2.05) is 77.4 Å². The summed E-state index contributed by atoms with van der Waals surface area (Å²) < 4.78 is 9.73. The van der Waals surface area contributed by atoms with Gasteiger partial charge in [0.1, 0.15) is 5.58 Å². The monoisotopic (exact) mass is 434 g/mol. The molecule has 9 nitrogen and oxygen atoms in total. The fourth-order valence-corrected chi connectivity index (χ4v) is 4.16. The Hall–Kier alpha value is -4.92. The van der Waals surface area contributed by atoms with Gasteiger partial charge in [-0.15, -0.1) is 0 Å². The number of fused-ring (bicyclic) bond motifs is 3. The SMILES string of the molecule is N=C(N)c1nc2ccccc2n1-c1ccc2oc(-n3c(C(=N)N)nc4ccccc43)cc2c1. The molecule has 160 valence electrons. The van der Waals surface area contributed by atoms with Gasteiger partial charge in [-0.3, -0.25) is 20.0 Å². The van der Waals surface area contributed by atoms with Crippen molar-refractivity contribution in [3.63, 3.8) is 0 Å². The van der Waals surface area contributed by atoms with Crippen LogP contribution in [-0.4, -0.2) is 30.8 Å². The summed E-state index contributed by atoms with van der Waals surface area (Å²) in [7, 11) is 0. The Bertz CT molecular complexity index is 1650. The maximum Gasteiger partial charge on any atom is 0.207 e. The standard InChI is InChI=1S/C24H18N8O/c25-21(26)23-29-15-5-1-3-7-17(15)31(23)14-9-10-19-13(11-14)12-20(33-19)32-18-8-4-2-6-16(18)30-24(32)22(27)28/h1-12H,(H3,25,26)(H3,27,28). The maximum atomic E-state index is 7.99. The fraction of sp³-hybridized carbons (Fsp3) is 0. The number of hydrogen-bond acceptors (Lipinski definition) is 5. The van der Waals surface area contributed by atoms with Crippen molar-refractivity contribution in [3.05, 3.63) is 84.4 Å². The van der Waals surface area contributed by atoms with Gasteiger partial charge in [-0.25, -0.2) is 9.97 Å². The highest BCUT2D eigenvalue weighted by Gasteiger charge is 2.19. The quantitative estimate of drug-likeness (QED) is 0.247. The van der Waals surface area contributed by atoms with Gasteiger partial charge in [0.2, 0.25) is 5.88 Å². The van der Waals surface area contributed by atoms with Gasteiger partial charge in [-0.2, -0.15) is 0 Å². The van der Waals surface area contributed by atoms with E-state index in [4.69, 9.17) is 26.7 Å². The van der Waals surface area contributed by atoms with E-state index < -0.39 is 0 Å². The van der Waals surface area contributed by atoms with Crippen LogP contribution >= 0.6 is 0 Å². The highest BCUT2D eigenvalue weighted by atomic mass is 16.4. The first-order valence-corrected chi connectivity index (χ1v) is 10.2. The molecule has 0 aliphatic heterocycles. The average Bonchev–Trinajstić information content (AvgIpc) is 3.50. The minimum absolute atomic E-state index is 0.116. The minimum atomic E-state index is -0.150. The van der Waals surface area contributed by atoms with E-state index in [-0.39, 0.29) is 11.7 Å². The lowest BCUT2D eigenvalue weighted by molar-refractivity contribution is 0.583. The summed E-state index contributed by atoms with van der Waals surface area (Å²) in [5, 5.41) is 16.8. The van der Waals surface area contributed by atoms with Gasteiger partial charge in [-0.1, -0.05) is 24.3 Å². The summed E-state index contributed by atoms with van der Waals surface area (Å²) in [4.78, 5) is 9.01. The van der Waals surface area contributed by atoms with Crippen molar-refractivity contribution in [2.24, 2.45) is 11.5 Å². The molecule has 33 heavy (non-hydrogen) atoms. The first-order valence-electron chi connectivity index (χ1n) is 10.2. The number of benzene rings is 3. The van der Waals surface area contributed by atoms with Crippen LogP contribution in [0, 0.1) is 10.8 Å². The van der Waals surface area contributed by atoms with E-state index in [1.165, 1.54) is 0 Å². The van der Waals surface area contributed by atoms with E-state index in [1.54, 1.807) is 4.57 Å². The molecule has 0 aliphatic carbocycles. The Morgan fingerprint density at radius 2 is 1.30 bits per heavy atom. The van der Waals surface area contributed by atoms with Crippen LogP contribution in [0.15, 0.2) is 77.2 Å². The maximum absolute atomic E-state index is 7.99. The first kappa shape index (κ1) is 18.8. The molecule has 3 aromatic carbocycles. The number of aromatic nitrogens is 4. The molecule has 0 radical (unpaired) electrons. The number of imidazole rings is 2. The Morgan fingerprint density at radius 1 is 0.727 bits per heavy atom. The van der Waals surface area contributed by atoms with Gasteiger partial charge in [0.05, 0.1) is 22.1 Å². The van der Waals surface area contributed by atoms with Gasteiger partial charge in [0.15, 0.2) is 23.3 Å². The van der Waals surface area contributed by atoms with E-state index >= 15 is 0 Å². The molecule has 0 unspecified atom stereocenters. The number of nitrogens with one attached hydrogen (secondary N) is 2. The Balaban J connectivity index is 1.57. The number of amidine groups is 2. The summed E-state index contributed by atoms with van der Waals surface area (Å²) in [6.07, 6.45) is 0. The summed E-state index contributed by atoms with van der Waals surface area (Å²) in [5.74, 6) is 0.926. The predicted octanol–water partition coefficient (Wildman–Crippen LogP) is 3.68. The average molecular weight is 434 g/mol. The van der Waals surface area contributed by atoms with Crippen LogP contribution in [0.3, 0.4) is 0 Å². The van der Waals surface area contributed by atoms with Gasteiger partial charge in [0, 0.05) is 17.1 Å². The summed E-state index contributed by atoms with van der Waals surface area (Å²) >= 11 is 0. The molecule has 0 aliphatic rings. The van der Waals surface area contributed by atoms with Crippen molar-refractivity contribution in [1.82, 2.24) is 19.1 Å². The van der Waals surface area contributed by atoms with E-state index in [9.17, 15) is 0 Å². The van der Waals surface area contributed by atoms with E-state index in [2.05, 4.69) is 9.97 Å². The van der Waals surface area contributed by atoms with Crippen LogP contribution in [-0.2, 0) is 0 Å². The Labute approximate surface area is 186 Å². The van der Waals surface area contributed by atoms with E-state index in [0.29, 0.717) is 23.1 Å². The lowest BCUT2D eigenvalue weighted by atomic mass is 10.2. The highest BCUT2D eigenvalue weighted by molar-refractivity contribution is 5.98. The van der Waals surface area contributed by atoms with Crippen LogP contribution in [0.4, 0.5) is 0 Å². The van der Waals surface area contributed by atoms with Crippen molar-refractivity contribution in [2.45, 2.75) is 0 Å². The summed E-state index contributed by atoms with van der Waals surface area (Å²) in [5.41, 5.74) is 16.2. The summed E-state index contributed by atoms with van der Waals surface area (Å²) in [6.45, 7) is 0. The number of nitrogens with zero attached hydrogens (tertiary/aromatic N) is 4. The van der Waals surface area contributed by atoms with Crippen molar-refractivity contribution >= 4 is 44.7 Å². The predicted molar refractivity (Wildman–Crippen MR) is 128 cm³/mol. The molecule has 0 amide bonds. The zero-order chi connectivity index (χ0) is 22.7. The van der Waals surface area contributed by atoms with Crippen LogP contribution in [0.25, 0.3) is 44.6 Å². The lowest BCUT2D eigenvalue weighted by Gasteiger charge is -2.08. The topological polar surface area (TPSA) is 149 Å². The van der Waals surface area contributed by atoms with Crippen molar-refractivity contribution in [1.29, 1.82) is 10.8 Å². The zero-order valence-electron chi connectivity index (χ0n) is 17.3. The number of hydrogen-bond donors (Lipinski definition) is 4. The molecule has 6 rings (SSSR count). The molecular formula is C24H18N8O. The summed E-state index contributed by atoms with van der Waals surface area (Å²) in [6, 6.07) is 22.8. The molecule has 6 aromatic rings. The number of para-hydroxylation sites is 4. The van der Waals surface area contributed by atoms with E-state index in [0.717, 1.165) is 33.1 Å². The second kappa shape index (κ2) is 6.79. The molecule has 9 heteroatoms. The molecular weight excluding hydrogens is 416 g/mol. The molecule has 0 saturated carbocycles. The fourth-order valence-electron chi connectivity index (χ4n) is 4.16. The van der Waals surface area contributed by atoms with Gasteiger partial charge in [0.25, 0.3) is 0 Å². The first-order chi connectivity index (χ1) is 16.0. The molecule has 0 saturated heterocycles. The molecule has 0 bridgehead atoms. The third kappa shape index (κ3) is 2.79. The van der Waals surface area contributed by atoms with Crippen molar-refractivity contribution in [2.75, 3.05) is 0 Å². The number of furan rings is 1. The van der Waals surface area contributed by atoms with Crippen LogP contribution in [0.2, 0.25) is 0 Å². The number of rotatable bonds is 4. The van der Waals surface area contributed by atoms with Gasteiger partial charge in [-0.05, 0) is 42.5 Å². The second-order valence-electron chi connectivity index (χ2n) is 7.65. The molecule has 0 fully saturated rings. The van der Waals surface area contributed by atoms with Crippen LogP contribution in [0.5, 0.6) is 0 Å². The Morgan fingerprint density at radius 3 is 1.94 bits per heavy atom. The number of nitrogen functional groups attached to an aromatic ring is 2. The lowest BCUT2D eigenvalue weighted by Crippen LogP contribution is -2.17. The molecule has 0 atom stereocenters. The Kier molecular flexibility index (Phi) is 3.87.